The largest absolute Gasteiger partial charge is 0.326 e. The van der Waals surface area contributed by atoms with Gasteiger partial charge in [0.2, 0.25) is 0 Å². The van der Waals surface area contributed by atoms with Gasteiger partial charge in [-0.3, -0.25) is 9.88 Å². The molecule has 0 aliphatic carbocycles. The summed E-state index contributed by atoms with van der Waals surface area (Å²) in [7, 11) is 0. The van der Waals surface area contributed by atoms with Crippen LogP contribution in [0.4, 0.5) is 0 Å². The summed E-state index contributed by atoms with van der Waals surface area (Å²) in [6.07, 6.45) is 6.21. The van der Waals surface area contributed by atoms with Crippen LogP contribution in [0.2, 0.25) is 0 Å². The fourth-order valence-electron chi connectivity index (χ4n) is 3.55. The Bertz CT molecular complexity index is 624. The number of hydrogen-bond donors (Lipinski definition) is 1. The van der Waals surface area contributed by atoms with E-state index >= 15 is 0 Å². The van der Waals surface area contributed by atoms with Gasteiger partial charge in [0, 0.05) is 29.4 Å². The molecular formula is C18H25N3. The van der Waals surface area contributed by atoms with Crippen molar-refractivity contribution in [1.29, 1.82) is 0 Å². The van der Waals surface area contributed by atoms with Crippen LogP contribution in [0.3, 0.4) is 0 Å². The molecule has 2 heterocycles. The summed E-state index contributed by atoms with van der Waals surface area (Å²) in [5.41, 5.74) is 7.90. The second kappa shape index (κ2) is 5.39. The van der Waals surface area contributed by atoms with Gasteiger partial charge >= 0.3 is 0 Å². The van der Waals surface area contributed by atoms with Gasteiger partial charge in [-0.1, -0.05) is 24.3 Å². The molecule has 1 aliphatic heterocycles. The van der Waals surface area contributed by atoms with Gasteiger partial charge in [-0.25, -0.2) is 0 Å². The Morgan fingerprint density at radius 3 is 2.71 bits per heavy atom. The number of likely N-dealkylation sites (tertiary alicyclic amines) is 1. The topological polar surface area (TPSA) is 42.1 Å². The third-order valence-electron chi connectivity index (χ3n) is 4.56. The summed E-state index contributed by atoms with van der Waals surface area (Å²) < 4.78 is 0. The van der Waals surface area contributed by atoms with E-state index in [0.717, 1.165) is 13.0 Å². The number of pyridine rings is 1. The number of rotatable bonds is 1. The van der Waals surface area contributed by atoms with Gasteiger partial charge in [0.05, 0.1) is 6.04 Å². The zero-order chi connectivity index (χ0) is 15.0. The van der Waals surface area contributed by atoms with Crippen LogP contribution in [0.1, 0.15) is 45.2 Å². The zero-order valence-electron chi connectivity index (χ0n) is 13.2. The summed E-state index contributed by atoms with van der Waals surface area (Å²) in [5.74, 6) is 0. The summed E-state index contributed by atoms with van der Waals surface area (Å²) in [6.45, 7) is 7.93. The summed E-state index contributed by atoms with van der Waals surface area (Å²) in [6, 6.07) is 8.90. The van der Waals surface area contributed by atoms with Gasteiger partial charge < -0.3 is 5.73 Å². The molecule has 0 amide bonds. The first kappa shape index (κ1) is 14.5. The monoisotopic (exact) mass is 283 g/mol. The number of nitrogens with two attached hydrogens (primary N) is 1. The van der Waals surface area contributed by atoms with Crippen LogP contribution in [0.15, 0.2) is 36.7 Å². The van der Waals surface area contributed by atoms with Crippen LogP contribution < -0.4 is 5.73 Å². The Balaban J connectivity index is 2.13. The molecule has 2 aromatic rings. The highest BCUT2D eigenvalue weighted by atomic mass is 15.2. The standard InChI is InChI=1S/C18H25N3/c1-18(2,3)21-10-6-9-16(19)17(21)15-12-20-11-13-7-4-5-8-14(13)15/h4-5,7-8,11-12,16-17H,6,9-10,19H2,1-3H3. The van der Waals surface area contributed by atoms with Crippen molar-refractivity contribution in [1.82, 2.24) is 9.88 Å². The second-order valence-electron chi connectivity index (χ2n) is 7.06. The molecule has 0 saturated carbocycles. The van der Waals surface area contributed by atoms with Gasteiger partial charge in [0.15, 0.2) is 0 Å². The third-order valence-corrected chi connectivity index (χ3v) is 4.56. The van der Waals surface area contributed by atoms with Crippen molar-refractivity contribution in [3.63, 3.8) is 0 Å². The molecule has 0 bridgehead atoms. The Labute approximate surface area is 127 Å². The normalized spacial score (nSPS) is 24.4. The lowest BCUT2D eigenvalue weighted by Gasteiger charge is -2.47. The lowest BCUT2D eigenvalue weighted by molar-refractivity contribution is 0.0390. The van der Waals surface area contributed by atoms with Crippen molar-refractivity contribution in [2.24, 2.45) is 5.73 Å². The molecule has 1 saturated heterocycles. The van der Waals surface area contributed by atoms with Crippen molar-refractivity contribution >= 4 is 10.8 Å². The molecule has 0 spiro atoms. The van der Waals surface area contributed by atoms with E-state index in [4.69, 9.17) is 5.73 Å². The summed E-state index contributed by atoms with van der Waals surface area (Å²) >= 11 is 0. The minimum absolute atomic E-state index is 0.111. The van der Waals surface area contributed by atoms with Crippen LogP contribution in [0, 0.1) is 0 Å². The SMILES string of the molecule is CC(C)(C)N1CCCC(N)C1c1cncc2ccccc12. The maximum atomic E-state index is 6.52. The minimum atomic E-state index is 0.111. The van der Waals surface area contributed by atoms with E-state index < -0.39 is 0 Å². The molecule has 0 radical (unpaired) electrons. The first-order valence-corrected chi connectivity index (χ1v) is 7.83. The predicted octanol–water partition coefficient (Wildman–Crippen LogP) is 3.50. The van der Waals surface area contributed by atoms with Gasteiger partial charge in [0.25, 0.3) is 0 Å². The zero-order valence-corrected chi connectivity index (χ0v) is 13.2. The first-order chi connectivity index (χ1) is 9.98. The van der Waals surface area contributed by atoms with E-state index in [-0.39, 0.29) is 17.6 Å². The molecule has 3 rings (SSSR count). The smallest absolute Gasteiger partial charge is 0.0525 e. The van der Waals surface area contributed by atoms with E-state index in [1.807, 2.05) is 12.4 Å². The molecule has 1 fully saturated rings. The molecule has 21 heavy (non-hydrogen) atoms. The van der Waals surface area contributed by atoms with E-state index in [9.17, 15) is 0 Å². The molecule has 2 atom stereocenters. The van der Waals surface area contributed by atoms with Crippen molar-refractivity contribution in [2.75, 3.05) is 6.54 Å². The average molecular weight is 283 g/mol. The maximum Gasteiger partial charge on any atom is 0.0525 e. The third kappa shape index (κ3) is 2.68. The molecule has 1 aromatic carbocycles. The quantitative estimate of drug-likeness (QED) is 0.871. The Morgan fingerprint density at radius 2 is 1.95 bits per heavy atom. The van der Waals surface area contributed by atoms with Crippen LogP contribution >= 0.6 is 0 Å². The minimum Gasteiger partial charge on any atom is -0.326 e. The number of fused-ring (bicyclic) bond motifs is 1. The number of hydrogen-bond acceptors (Lipinski definition) is 3. The summed E-state index contributed by atoms with van der Waals surface area (Å²) in [5, 5.41) is 2.48. The number of piperidine rings is 1. The highest BCUT2D eigenvalue weighted by Crippen LogP contribution is 2.37. The molecule has 1 aliphatic rings. The summed E-state index contributed by atoms with van der Waals surface area (Å²) in [4.78, 5) is 7.00. The van der Waals surface area contributed by atoms with Crippen molar-refractivity contribution < 1.29 is 0 Å². The molecule has 1 aromatic heterocycles. The molecule has 3 heteroatoms. The first-order valence-electron chi connectivity index (χ1n) is 7.83. The van der Waals surface area contributed by atoms with E-state index in [1.165, 1.54) is 22.8 Å². The molecule has 2 unspecified atom stereocenters. The number of aromatic nitrogens is 1. The average Bonchev–Trinajstić information content (AvgIpc) is 2.46. The van der Waals surface area contributed by atoms with Crippen LogP contribution in [-0.2, 0) is 0 Å². The van der Waals surface area contributed by atoms with Crippen molar-refractivity contribution in [3.05, 3.63) is 42.2 Å². The Hall–Kier alpha value is -1.45. The van der Waals surface area contributed by atoms with Crippen molar-refractivity contribution in [2.45, 2.75) is 51.2 Å². The van der Waals surface area contributed by atoms with Gasteiger partial charge in [0.1, 0.15) is 0 Å². The van der Waals surface area contributed by atoms with E-state index in [2.05, 4.69) is 54.9 Å². The number of benzene rings is 1. The Morgan fingerprint density at radius 1 is 1.19 bits per heavy atom. The van der Waals surface area contributed by atoms with Crippen LogP contribution in [0.5, 0.6) is 0 Å². The van der Waals surface area contributed by atoms with E-state index in [1.54, 1.807) is 0 Å². The van der Waals surface area contributed by atoms with Gasteiger partial charge in [-0.2, -0.15) is 0 Å². The molecule has 112 valence electrons. The lowest BCUT2D eigenvalue weighted by atomic mass is 9.86. The van der Waals surface area contributed by atoms with E-state index in [0.29, 0.717) is 0 Å². The molecule has 3 nitrogen and oxygen atoms in total. The van der Waals surface area contributed by atoms with Crippen molar-refractivity contribution in [3.8, 4) is 0 Å². The van der Waals surface area contributed by atoms with Gasteiger partial charge in [-0.15, -0.1) is 0 Å². The maximum absolute atomic E-state index is 6.52. The lowest BCUT2D eigenvalue weighted by Crippen LogP contribution is -2.53. The number of nitrogens with zero attached hydrogens (tertiary/aromatic N) is 2. The predicted molar refractivity (Wildman–Crippen MR) is 88.2 cm³/mol. The van der Waals surface area contributed by atoms with Gasteiger partial charge in [-0.05, 0) is 51.1 Å². The second-order valence-corrected chi connectivity index (χ2v) is 7.06. The molecular weight excluding hydrogens is 258 g/mol. The fourth-order valence-corrected chi connectivity index (χ4v) is 3.55. The van der Waals surface area contributed by atoms with Crippen LogP contribution in [0.25, 0.3) is 10.8 Å². The highest BCUT2D eigenvalue weighted by Gasteiger charge is 2.37. The molecule has 2 N–H and O–H groups in total. The highest BCUT2D eigenvalue weighted by molar-refractivity contribution is 5.85. The Kier molecular flexibility index (Phi) is 3.72. The van der Waals surface area contributed by atoms with Crippen LogP contribution in [-0.4, -0.2) is 28.0 Å². The fraction of sp³-hybridized carbons (Fsp3) is 0.500.